The van der Waals surface area contributed by atoms with Gasteiger partial charge >= 0.3 is 53.7 Å². The predicted molar refractivity (Wildman–Crippen MR) is 310 cm³/mol. The van der Waals surface area contributed by atoms with Crippen molar-refractivity contribution in [2.75, 3.05) is 19.8 Å². The second-order valence-corrected chi connectivity index (χ2v) is 25.1. The van der Waals surface area contributed by atoms with Gasteiger partial charge in [0.05, 0.1) is 36.6 Å². The number of ether oxygens (including phenoxy) is 21. The topological polar surface area (TPSA) is 347 Å². The minimum atomic E-state index is -1.56. The zero-order valence-electron chi connectivity index (χ0n) is 56.3. The van der Waals surface area contributed by atoms with Gasteiger partial charge in [-0.2, -0.15) is 0 Å². The van der Waals surface area contributed by atoms with E-state index in [1.807, 2.05) is 6.92 Å². The van der Waals surface area contributed by atoms with Crippen molar-refractivity contribution in [3.05, 3.63) is 0 Å². The van der Waals surface area contributed by atoms with Gasteiger partial charge in [-0.05, 0) is 25.2 Å². The lowest BCUT2D eigenvalue weighted by Crippen LogP contribution is -2.66. The summed E-state index contributed by atoms with van der Waals surface area (Å²) in [5.41, 5.74) is 0. The van der Waals surface area contributed by atoms with E-state index < -0.39 is 257 Å². The number of hydrogen-bond acceptors (Lipinski definition) is 30. The Balaban J connectivity index is 1.40. The molecule has 93 heavy (non-hydrogen) atoms. The fraction of sp³-hybridized carbons (Fsp3) is 0.857. The predicted octanol–water partition coefficient (Wildman–Crippen LogP) is 3.99. The van der Waals surface area contributed by atoms with Crippen LogP contribution in [0.15, 0.2) is 0 Å². The van der Waals surface area contributed by atoms with Crippen molar-refractivity contribution >= 4 is 53.7 Å². The molecule has 30 atom stereocenters. The number of carbonyl (C=O) groups is 9. The van der Waals surface area contributed by atoms with Crippen LogP contribution in [0, 0.1) is 35.5 Å². The van der Waals surface area contributed by atoms with E-state index in [2.05, 4.69) is 0 Å². The second-order valence-electron chi connectivity index (χ2n) is 25.1. The minimum Gasteiger partial charge on any atom is -0.463 e. The van der Waals surface area contributed by atoms with E-state index in [0.717, 1.165) is 13.8 Å². The average molecular weight is 1330 g/mol. The molecule has 12 bridgehead atoms. The molecule has 528 valence electrons. The van der Waals surface area contributed by atoms with Crippen molar-refractivity contribution in [1.29, 1.82) is 0 Å². The molecule has 0 aromatic carbocycles. The van der Waals surface area contributed by atoms with E-state index in [9.17, 15) is 43.2 Å². The molecule has 0 spiro atoms. The van der Waals surface area contributed by atoms with Gasteiger partial charge in [0, 0.05) is 91.9 Å². The molecule has 0 saturated carbocycles. The van der Waals surface area contributed by atoms with Crippen LogP contribution in [-0.4, -0.2) is 221 Å². The Bertz CT molecular complexity index is 2580. The number of esters is 9. The summed E-state index contributed by atoms with van der Waals surface area (Å²) < 4.78 is 135. The Hall–Kier alpha value is -5.25. The Labute approximate surface area is 541 Å². The first-order chi connectivity index (χ1) is 43.8. The van der Waals surface area contributed by atoms with E-state index in [0.29, 0.717) is 0 Å². The van der Waals surface area contributed by atoms with E-state index in [1.54, 1.807) is 55.4 Å². The lowest BCUT2D eigenvalue weighted by atomic mass is 9.83. The molecular formula is C63H96O30. The van der Waals surface area contributed by atoms with Gasteiger partial charge in [-0.25, -0.2) is 0 Å². The van der Waals surface area contributed by atoms with Crippen molar-refractivity contribution < 1.29 is 143 Å². The summed E-state index contributed by atoms with van der Waals surface area (Å²) in [4.78, 5) is 117. The molecule has 0 aromatic rings. The first kappa shape index (κ1) is 75.1. The van der Waals surface area contributed by atoms with Crippen LogP contribution < -0.4 is 0 Å². The Kier molecular flexibility index (Phi) is 26.8. The molecule has 22 rings (SSSR count). The summed E-state index contributed by atoms with van der Waals surface area (Å²) in [6, 6.07) is 0. The highest BCUT2D eigenvalue weighted by Crippen LogP contribution is 2.45. The van der Waals surface area contributed by atoms with E-state index in [4.69, 9.17) is 99.5 Å². The zero-order valence-corrected chi connectivity index (χ0v) is 56.3. The molecule has 0 aromatic heterocycles. The van der Waals surface area contributed by atoms with Crippen LogP contribution in [0.1, 0.15) is 144 Å². The summed E-state index contributed by atoms with van der Waals surface area (Å²) in [5.74, 6) is -11.5. The maximum atomic E-state index is 13.3. The lowest BCUT2D eigenvalue weighted by molar-refractivity contribution is -0.391. The van der Waals surface area contributed by atoms with Crippen molar-refractivity contribution in [3.8, 4) is 0 Å². The maximum absolute atomic E-state index is 13.3. The molecule has 22 aliphatic heterocycles. The van der Waals surface area contributed by atoms with Crippen LogP contribution >= 0.6 is 0 Å². The summed E-state index contributed by atoms with van der Waals surface area (Å²) in [6.45, 7) is 25.1. The van der Waals surface area contributed by atoms with Crippen molar-refractivity contribution in [1.82, 2.24) is 0 Å². The Morgan fingerprint density at radius 1 is 0.237 bits per heavy atom. The quantitative estimate of drug-likeness (QED) is 0.165. The number of carbonyl (C=O) groups excluding carboxylic acids is 9. The van der Waals surface area contributed by atoms with Gasteiger partial charge in [-0.1, -0.05) is 62.3 Å². The van der Waals surface area contributed by atoms with E-state index >= 15 is 0 Å². The van der Waals surface area contributed by atoms with Gasteiger partial charge < -0.3 is 99.5 Å². The van der Waals surface area contributed by atoms with Crippen LogP contribution in [0.2, 0.25) is 0 Å². The van der Waals surface area contributed by atoms with Crippen molar-refractivity contribution in [2.24, 2.45) is 35.5 Å². The molecule has 22 fully saturated rings. The normalized spacial score (nSPS) is 42.0. The smallest absolute Gasteiger partial charge is 0.303 e. The maximum Gasteiger partial charge on any atom is 0.303 e. The van der Waals surface area contributed by atoms with Crippen molar-refractivity contribution in [3.63, 3.8) is 0 Å². The summed E-state index contributed by atoms with van der Waals surface area (Å²) in [5, 5.41) is 0. The van der Waals surface area contributed by atoms with Crippen LogP contribution in [0.4, 0.5) is 0 Å². The van der Waals surface area contributed by atoms with Crippen LogP contribution in [0.3, 0.4) is 0 Å². The third kappa shape index (κ3) is 18.5. The van der Waals surface area contributed by atoms with Crippen LogP contribution in [-0.2, 0) is 143 Å². The largest absolute Gasteiger partial charge is 0.463 e. The van der Waals surface area contributed by atoms with Gasteiger partial charge in [0.1, 0.15) is 68.7 Å². The molecule has 0 amide bonds. The molecule has 22 heterocycles. The van der Waals surface area contributed by atoms with Crippen LogP contribution in [0.25, 0.3) is 0 Å². The van der Waals surface area contributed by atoms with Crippen molar-refractivity contribution in [2.45, 2.75) is 292 Å². The first-order valence-electron chi connectivity index (χ1n) is 32.1. The molecule has 30 nitrogen and oxygen atoms in total. The summed E-state index contributed by atoms with van der Waals surface area (Å²) >= 11 is 0. The summed E-state index contributed by atoms with van der Waals surface area (Å²) in [7, 11) is 0. The van der Waals surface area contributed by atoms with Gasteiger partial charge in [0.15, 0.2) is 62.2 Å². The third-order valence-electron chi connectivity index (χ3n) is 18.0. The first-order valence-corrected chi connectivity index (χ1v) is 32.1. The fourth-order valence-electron chi connectivity index (χ4n) is 13.3. The number of hydrogen-bond donors (Lipinski definition) is 0. The molecule has 30 heteroatoms. The highest BCUT2D eigenvalue weighted by molar-refractivity contribution is 5.69. The Morgan fingerprint density at radius 3 is 0.839 bits per heavy atom. The minimum absolute atomic E-state index is 0.169. The molecule has 0 radical (unpaired) electrons. The fourth-order valence-corrected chi connectivity index (χ4v) is 13.3. The zero-order chi connectivity index (χ0) is 68.6. The molecule has 30 unspecified atom stereocenters. The van der Waals surface area contributed by atoms with E-state index in [1.165, 1.54) is 48.5 Å². The molecular weight excluding hydrogens is 1240 g/mol. The SMILES string of the molecule is CCC1OC2OC3C(COC(C)=O)OC(OC4C(COC(C)=O)OC(OC5C(COC(C)=O)OC(OC6C(CC)OC(OC7C(CC)OC(OC1C(C)C2OC(C)=O)C(OC(C)=O)C7OC(C)=O)C(C)C6OC(C)=O)C(C)C5OC(C)=O)C(C)C4C)C(OC(C)=O)C3C. The molecule has 0 N–H and O–H groups in total. The van der Waals surface area contributed by atoms with Gasteiger partial charge in [-0.3, -0.25) is 43.2 Å². The van der Waals surface area contributed by atoms with E-state index in [-0.39, 0.29) is 19.3 Å². The molecule has 0 aliphatic carbocycles. The second kappa shape index (κ2) is 33.1. The van der Waals surface area contributed by atoms with Gasteiger partial charge in [0.2, 0.25) is 0 Å². The standard InChI is InChI=1S/C63H96O30/c1-19-40-47-27(6)51(78-36(15)69)61(83-40)90-48-28(7)52(79-37(16)70)62(87-44(48)23-74-32(11)65)88-46-25(4)26(5)58(85-43(46)22-73-31(10)64)93-55-45(24-75-33(12)66)86-60(30(9)50(55)77-35(14)68)91-53-41(20-2)82-59(29(8)49(53)76-34(13)67)92-54-42(21-3)84-63(89-47)57(81-39(18)72)56(54)80-38(17)71/h25-30,40-63H,19-24H2,1-18H3. The lowest BCUT2D eigenvalue weighted by Gasteiger charge is -2.53. The average Bonchev–Trinajstić information content (AvgIpc) is 0.772. The van der Waals surface area contributed by atoms with Gasteiger partial charge in [-0.15, -0.1) is 0 Å². The van der Waals surface area contributed by atoms with Gasteiger partial charge in [0.25, 0.3) is 0 Å². The highest BCUT2D eigenvalue weighted by atomic mass is 16.8. The van der Waals surface area contributed by atoms with Crippen LogP contribution in [0.5, 0.6) is 0 Å². The monoisotopic (exact) mass is 1330 g/mol. The number of rotatable bonds is 15. The summed E-state index contributed by atoms with van der Waals surface area (Å²) in [6.07, 6.45) is -29.5. The Morgan fingerprint density at radius 2 is 0.473 bits per heavy atom. The third-order valence-corrected chi connectivity index (χ3v) is 18.0. The molecule has 22 saturated heterocycles. The molecule has 22 aliphatic rings. The highest BCUT2D eigenvalue weighted by Gasteiger charge is 2.60.